The maximum Gasteiger partial charge on any atom is 0.262 e. The SMILES string of the molecule is Cc1cccc(C)c1NS(=O)(=O)c1ccc(NC(=O)COc2ccccc2F)cc1. The average molecular weight is 428 g/mol. The molecule has 0 radical (unpaired) electrons. The molecule has 3 aromatic rings. The molecule has 3 rings (SSSR count). The molecule has 1 amide bonds. The van der Waals surface area contributed by atoms with Gasteiger partial charge in [-0.05, 0) is 61.4 Å². The number of benzene rings is 3. The van der Waals surface area contributed by atoms with Crippen LogP contribution in [0.25, 0.3) is 0 Å². The predicted molar refractivity (Wildman–Crippen MR) is 114 cm³/mol. The molecule has 156 valence electrons. The second-order valence-corrected chi connectivity index (χ2v) is 8.35. The highest BCUT2D eigenvalue weighted by Gasteiger charge is 2.16. The molecule has 2 N–H and O–H groups in total. The number of nitrogens with one attached hydrogen (secondary N) is 2. The van der Waals surface area contributed by atoms with Gasteiger partial charge in [-0.25, -0.2) is 12.8 Å². The van der Waals surface area contributed by atoms with Crippen molar-refractivity contribution in [1.82, 2.24) is 0 Å². The lowest BCUT2D eigenvalue weighted by Crippen LogP contribution is -2.20. The summed E-state index contributed by atoms with van der Waals surface area (Å²) < 4.78 is 46.6. The first-order valence-electron chi connectivity index (χ1n) is 9.12. The molecule has 0 bridgehead atoms. The van der Waals surface area contributed by atoms with E-state index in [1.54, 1.807) is 6.07 Å². The van der Waals surface area contributed by atoms with Crippen molar-refractivity contribution >= 4 is 27.3 Å². The predicted octanol–water partition coefficient (Wildman–Crippen LogP) is 4.26. The number of amides is 1. The zero-order valence-corrected chi connectivity index (χ0v) is 17.3. The molecule has 0 aliphatic rings. The van der Waals surface area contributed by atoms with Crippen LogP contribution in [0, 0.1) is 19.7 Å². The minimum absolute atomic E-state index is 0.0216. The molecule has 0 spiro atoms. The van der Waals surface area contributed by atoms with E-state index < -0.39 is 21.7 Å². The highest BCUT2D eigenvalue weighted by molar-refractivity contribution is 7.92. The monoisotopic (exact) mass is 428 g/mol. The Morgan fingerprint density at radius 1 is 0.933 bits per heavy atom. The molecule has 3 aromatic carbocycles. The van der Waals surface area contributed by atoms with E-state index in [0.717, 1.165) is 11.1 Å². The molecule has 30 heavy (non-hydrogen) atoms. The number of rotatable bonds is 7. The Labute approximate surface area is 174 Å². The van der Waals surface area contributed by atoms with Gasteiger partial charge in [0.2, 0.25) is 0 Å². The van der Waals surface area contributed by atoms with Gasteiger partial charge in [-0.2, -0.15) is 0 Å². The number of para-hydroxylation sites is 2. The molecular weight excluding hydrogens is 407 g/mol. The first kappa shape index (κ1) is 21.3. The number of halogens is 1. The van der Waals surface area contributed by atoms with Gasteiger partial charge in [-0.1, -0.05) is 30.3 Å². The van der Waals surface area contributed by atoms with Crippen LogP contribution < -0.4 is 14.8 Å². The van der Waals surface area contributed by atoms with Crippen LogP contribution in [0.5, 0.6) is 5.75 Å². The molecule has 8 heteroatoms. The molecular formula is C22H21FN2O4S. The zero-order chi connectivity index (χ0) is 21.7. The van der Waals surface area contributed by atoms with Gasteiger partial charge < -0.3 is 10.1 Å². The number of carbonyl (C=O) groups is 1. The number of hydrogen-bond donors (Lipinski definition) is 2. The van der Waals surface area contributed by atoms with E-state index in [0.29, 0.717) is 11.4 Å². The summed E-state index contributed by atoms with van der Waals surface area (Å²) in [5.74, 6) is -1.08. The lowest BCUT2D eigenvalue weighted by Gasteiger charge is -2.13. The summed E-state index contributed by atoms with van der Waals surface area (Å²) in [6.45, 7) is 3.27. The van der Waals surface area contributed by atoms with Gasteiger partial charge >= 0.3 is 0 Å². The fourth-order valence-electron chi connectivity index (χ4n) is 2.79. The van der Waals surface area contributed by atoms with Gasteiger partial charge in [-0.3, -0.25) is 9.52 Å². The van der Waals surface area contributed by atoms with Crippen LogP contribution in [-0.2, 0) is 14.8 Å². The average Bonchev–Trinajstić information content (AvgIpc) is 2.71. The van der Waals surface area contributed by atoms with Crippen LogP contribution in [0.2, 0.25) is 0 Å². The quantitative estimate of drug-likeness (QED) is 0.589. The summed E-state index contributed by atoms with van der Waals surface area (Å²) in [7, 11) is -3.78. The maximum atomic E-state index is 13.5. The minimum atomic E-state index is -3.78. The number of aryl methyl sites for hydroxylation is 2. The van der Waals surface area contributed by atoms with Crippen LogP contribution >= 0.6 is 0 Å². The highest BCUT2D eigenvalue weighted by atomic mass is 32.2. The van der Waals surface area contributed by atoms with Crippen LogP contribution in [0.3, 0.4) is 0 Å². The number of carbonyl (C=O) groups excluding carboxylic acids is 1. The van der Waals surface area contributed by atoms with Gasteiger partial charge in [0.15, 0.2) is 18.2 Å². The molecule has 6 nitrogen and oxygen atoms in total. The van der Waals surface area contributed by atoms with Gasteiger partial charge in [0.05, 0.1) is 10.6 Å². The summed E-state index contributed by atoms with van der Waals surface area (Å²) in [5.41, 5.74) is 2.57. The van der Waals surface area contributed by atoms with E-state index in [9.17, 15) is 17.6 Å². The van der Waals surface area contributed by atoms with E-state index in [1.807, 2.05) is 32.0 Å². The van der Waals surface area contributed by atoms with Crippen molar-refractivity contribution in [2.75, 3.05) is 16.6 Å². The second-order valence-electron chi connectivity index (χ2n) is 6.66. The van der Waals surface area contributed by atoms with E-state index in [-0.39, 0.29) is 17.3 Å². The molecule has 0 aliphatic carbocycles. The molecule has 0 heterocycles. The smallest absolute Gasteiger partial charge is 0.262 e. The Morgan fingerprint density at radius 3 is 2.20 bits per heavy atom. The summed E-state index contributed by atoms with van der Waals surface area (Å²) in [4.78, 5) is 12.1. The van der Waals surface area contributed by atoms with E-state index in [4.69, 9.17) is 4.74 Å². The van der Waals surface area contributed by atoms with Crippen molar-refractivity contribution in [2.24, 2.45) is 0 Å². The lowest BCUT2D eigenvalue weighted by atomic mass is 10.1. The molecule has 0 unspecified atom stereocenters. The number of sulfonamides is 1. The zero-order valence-electron chi connectivity index (χ0n) is 16.5. The van der Waals surface area contributed by atoms with Crippen molar-refractivity contribution in [1.29, 1.82) is 0 Å². The lowest BCUT2D eigenvalue weighted by molar-refractivity contribution is -0.118. The van der Waals surface area contributed by atoms with E-state index >= 15 is 0 Å². The van der Waals surface area contributed by atoms with Crippen LogP contribution in [0.15, 0.2) is 71.6 Å². The molecule has 0 saturated carbocycles. The fourth-order valence-corrected chi connectivity index (χ4v) is 3.99. The highest BCUT2D eigenvalue weighted by Crippen LogP contribution is 2.24. The summed E-state index contributed by atoms with van der Waals surface area (Å²) in [5, 5.41) is 2.58. The fraction of sp³-hybridized carbons (Fsp3) is 0.136. The molecule has 0 saturated heterocycles. The third-order valence-electron chi connectivity index (χ3n) is 4.36. The van der Waals surface area contributed by atoms with Crippen molar-refractivity contribution in [2.45, 2.75) is 18.7 Å². The van der Waals surface area contributed by atoms with Crippen molar-refractivity contribution in [3.8, 4) is 5.75 Å². The van der Waals surface area contributed by atoms with Crippen LogP contribution in [0.4, 0.5) is 15.8 Å². The molecule has 0 aliphatic heterocycles. The number of hydrogen-bond acceptors (Lipinski definition) is 4. The first-order valence-corrected chi connectivity index (χ1v) is 10.6. The Kier molecular flexibility index (Phi) is 6.37. The first-order chi connectivity index (χ1) is 14.3. The van der Waals surface area contributed by atoms with E-state index in [1.165, 1.54) is 42.5 Å². The summed E-state index contributed by atoms with van der Waals surface area (Å²) in [6, 6.07) is 17.0. The third-order valence-corrected chi connectivity index (χ3v) is 5.73. The maximum absolute atomic E-state index is 13.5. The third kappa shape index (κ3) is 5.15. The molecule has 0 fully saturated rings. The summed E-state index contributed by atoms with van der Waals surface area (Å²) >= 11 is 0. The van der Waals surface area contributed by atoms with Crippen LogP contribution in [0.1, 0.15) is 11.1 Å². The topological polar surface area (TPSA) is 84.5 Å². The Hall–Kier alpha value is -3.39. The van der Waals surface area contributed by atoms with Gasteiger partial charge in [0.25, 0.3) is 15.9 Å². The number of anilines is 2. The number of ether oxygens (including phenoxy) is 1. The Balaban J connectivity index is 1.64. The summed E-state index contributed by atoms with van der Waals surface area (Å²) in [6.07, 6.45) is 0. The van der Waals surface area contributed by atoms with Gasteiger partial charge in [-0.15, -0.1) is 0 Å². The van der Waals surface area contributed by atoms with Crippen molar-refractivity contribution in [3.05, 3.63) is 83.7 Å². The van der Waals surface area contributed by atoms with Crippen LogP contribution in [-0.4, -0.2) is 20.9 Å². The molecule has 0 aromatic heterocycles. The Bertz CT molecular complexity index is 1140. The second kappa shape index (κ2) is 8.96. The van der Waals surface area contributed by atoms with Crippen molar-refractivity contribution in [3.63, 3.8) is 0 Å². The Morgan fingerprint density at radius 2 is 1.57 bits per heavy atom. The van der Waals surface area contributed by atoms with Gasteiger partial charge in [0, 0.05) is 5.69 Å². The van der Waals surface area contributed by atoms with Gasteiger partial charge in [0.1, 0.15) is 0 Å². The molecule has 0 atom stereocenters. The largest absolute Gasteiger partial charge is 0.481 e. The minimum Gasteiger partial charge on any atom is -0.481 e. The normalized spacial score (nSPS) is 11.0. The standard InChI is InChI=1S/C22H21FN2O4S/c1-15-6-5-7-16(2)22(15)25-30(27,28)18-12-10-17(11-13-18)24-21(26)14-29-20-9-4-3-8-19(20)23/h3-13,25H,14H2,1-2H3,(H,24,26). The van der Waals surface area contributed by atoms with Crippen molar-refractivity contribution < 1.29 is 22.3 Å². The van der Waals surface area contributed by atoms with E-state index in [2.05, 4.69) is 10.0 Å².